The molecule has 2 heterocycles. The Morgan fingerprint density at radius 2 is 2.17 bits per heavy atom. The molecule has 2 unspecified atom stereocenters. The number of nitrogens with one attached hydrogen (secondary N) is 1. The fourth-order valence-corrected chi connectivity index (χ4v) is 4.29. The quantitative estimate of drug-likeness (QED) is 0.552. The van der Waals surface area contributed by atoms with Crippen LogP contribution >= 0.6 is 0 Å². The summed E-state index contributed by atoms with van der Waals surface area (Å²) in [6.07, 6.45) is 2.43. The molecule has 2 atom stereocenters. The van der Waals surface area contributed by atoms with Gasteiger partial charge in [-0.25, -0.2) is 4.39 Å². The van der Waals surface area contributed by atoms with Gasteiger partial charge in [0, 0.05) is 46.2 Å². The van der Waals surface area contributed by atoms with E-state index in [0.717, 1.165) is 50.5 Å². The van der Waals surface area contributed by atoms with Crippen LogP contribution in [0.4, 0.5) is 4.39 Å². The van der Waals surface area contributed by atoms with Gasteiger partial charge < -0.3 is 20.7 Å². The largest absolute Gasteiger partial charge is 0.379 e. The molecule has 1 aromatic carbocycles. The Balaban J connectivity index is 1.67. The van der Waals surface area contributed by atoms with Gasteiger partial charge >= 0.3 is 0 Å². The number of guanidine groups is 1. The third kappa shape index (κ3) is 6.14. The lowest BCUT2D eigenvalue weighted by Crippen LogP contribution is -2.50. The summed E-state index contributed by atoms with van der Waals surface area (Å²) in [6, 6.07) is 6.83. The molecule has 0 aromatic heterocycles. The highest BCUT2D eigenvalue weighted by molar-refractivity contribution is 5.80. The van der Waals surface area contributed by atoms with Gasteiger partial charge in [0.15, 0.2) is 5.96 Å². The van der Waals surface area contributed by atoms with Crippen molar-refractivity contribution in [1.82, 2.24) is 15.1 Å². The molecule has 2 aliphatic heterocycles. The number of nitrogens with two attached hydrogens (primary N) is 1. The van der Waals surface area contributed by atoms with Crippen LogP contribution in [0, 0.1) is 11.7 Å². The standard InChI is InChI=1S/C21H32FN5O2/c1-24-21(27-7-3-4-16(15-27)12-20(23)28)25-14-19(26-8-10-29-11-9-26)17-5-2-6-18(22)13-17/h2,5-6,13,16,19H,3-4,7-12,14-15H2,1H3,(H2,23,28)(H,24,25). The lowest BCUT2D eigenvalue weighted by atomic mass is 9.95. The number of nitrogens with zero attached hydrogens (tertiary/aromatic N) is 3. The van der Waals surface area contributed by atoms with Crippen molar-refractivity contribution in [2.75, 3.05) is 53.0 Å². The van der Waals surface area contributed by atoms with Gasteiger partial charge in [-0.15, -0.1) is 0 Å². The zero-order valence-corrected chi connectivity index (χ0v) is 17.1. The Morgan fingerprint density at radius 3 is 2.86 bits per heavy atom. The predicted molar refractivity (Wildman–Crippen MR) is 111 cm³/mol. The highest BCUT2D eigenvalue weighted by Gasteiger charge is 2.26. The molecule has 0 saturated carbocycles. The second kappa shape index (κ2) is 10.5. The third-order valence-electron chi connectivity index (χ3n) is 5.69. The number of morpholine rings is 1. The highest BCUT2D eigenvalue weighted by Crippen LogP contribution is 2.23. The van der Waals surface area contributed by atoms with Crippen LogP contribution in [-0.4, -0.2) is 74.7 Å². The molecule has 2 saturated heterocycles. The molecule has 2 fully saturated rings. The van der Waals surface area contributed by atoms with Crippen molar-refractivity contribution in [2.24, 2.45) is 16.6 Å². The summed E-state index contributed by atoms with van der Waals surface area (Å²) >= 11 is 0. The molecule has 7 nitrogen and oxygen atoms in total. The Hall–Kier alpha value is -2.19. The molecule has 3 rings (SSSR count). The number of halogens is 1. The summed E-state index contributed by atoms with van der Waals surface area (Å²) in [5.41, 5.74) is 6.33. The summed E-state index contributed by atoms with van der Waals surface area (Å²) in [5.74, 6) is 0.598. The predicted octanol–water partition coefficient (Wildman–Crippen LogP) is 1.36. The molecule has 160 valence electrons. The van der Waals surface area contributed by atoms with Crippen molar-refractivity contribution in [1.29, 1.82) is 0 Å². The maximum atomic E-state index is 13.9. The lowest BCUT2D eigenvalue weighted by Gasteiger charge is -2.38. The van der Waals surface area contributed by atoms with E-state index in [1.54, 1.807) is 19.2 Å². The van der Waals surface area contributed by atoms with Gasteiger partial charge in [0.25, 0.3) is 0 Å². The van der Waals surface area contributed by atoms with Crippen molar-refractivity contribution in [2.45, 2.75) is 25.3 Å². The van der Waals surface area contributed by atoms with E-state index in [4.69, 9.17) is 10.5 Å². The number of hydrogen-bond acceptors (Lipinski definition) is 4. The second-order valence-corrected chi connectivity index (χ2v) is 7.77. The summed E-state index contributed by atoms with van der Waals surface area (Å²) in [4.78, 5) is 20.3. The van der Waals surface area contributed by atoms with Crippen molar-refractivity contribution < 1.29 is 13.9 Å². The van der Waals surface area contributed by atoms with Crippen LogP contribution in [0.25, 0.3) is 0 Å². The molecule has 0 aliphatic carbocycles. The van der Waals surface area contributed by atoms with Crippen molar-refractivity contribution in [3.8, 4) is 0 Å². The molecule has 2 aliphatic rings. The molecule has 0 radical (unpaired) electrons. The number of amides is 1. The first-order valence-electron chi connectivity index (χ1n) is 10.4. The summed E-state index contributed by atoms with van der Waals surface area (Å²) < 4.78 is 19.4. The smallest absolute Gasteiger partial charge is 0.217 e. The van der Waals surface area contributed by atoms with E-state index in [1.807, 2.05) is 6.07 Å². The number of primary amides is 1. The maximum Gasteiger partial charge on any atom is 0.217 e. The number of rotatable bonds is 6. The first kappa shape index (κ1) is 21.5. The Labute approximate surface area is 172 Å². The van der Waals surface area contributed by atoms with Gasteiger partial charge in [0.2, 0.25) is 5.91 Å². The molecule has 1 amide bonds. The van der Waals surface area contributed by atoms with Gasteiger partial charge in [-0.3, -0.25) is 14.7 Å². The first-order valence-corrected chi connectivity index (χ1v) is 10.4. The summed E-state index contributed by atoms with van der Waals surface area (Å²) in [7, 11) is 1.77. The van der Waals surface area contributed by atoms with Crippen molar-refractivity contribution >= 4 is 11.9 Å². The number of hydrogen-bond donors (Lipinski definition) is 2. The van der Waals surface area contributed by atoms with E-state index in [2.05, 4.69) is 20.1 Å². The Bertz CT molecular complexity index is 708. The molecule has 29 heavy (non-hydrogen) atoms. The number of carbonyl (C=O) groups excluding carboxylic acids is 1. The van der Waals surface area contributed by atoms with E-state index in [9.17, 15) is 9.18 Å². The normalized spacial score (nSPS) is 22.3. The number of carbonyl (C=O) groups is 1. The average molecular weight is 406 g/mol. The molecule has 1 aromatic rings. The SMILES string of the molecule is CN=C(NCC(c1cccc(F)c1)N1CCOCC1)N1CCCC(CC(N)=O)C1. The molecular weight excluding hydrogens is 373 g/mol. The van der Waals surface area contributed by atoms with Crippen LogP contribution in [-0.2, 0) is 9.53 Å². The zero-order chi connectivity index (χ0) is 20.6. The molecular formula is C21H32FN5O2. The minimum Gasteiger partial charge on any atom is -0.379 e. The van der Waals surface area contributed by atoms with E-state index in [1.165, 1.54) is 6.07 Å². The summed E-state index contributed by atoms with van der Waals surface area (Å²) in [6.45, 7) is 5.27. The minimum absolute atomic E-state index is 0.0255. The topological polar surface area (TPSA) is 83.2 Å². The van der Waals surface area contributed by atoms with Crippen LogP contribution in [0.3, 0.4) is 0 Å². The molecule has 8 heteroatoms. The Morgan fingerprint density at radius 1 is 1.38 bits per heavy atom. The highest BCUT2D eigenvalue weighted by atomic mass is 19.1. The van der Waals surface area contributed by atoms with Crippen LogP contribution in [0.15, 0.2) is 29.3 Å². The van der Waals surface area contributed by atoms with Crippen LogP contribution in [0.5, 0.6) is 0 Å². The van der Waals surface area contributed by atoms with Crippen LogP contribution < -0.4 is 11.1 Å². The zero-order valence-electron chi connectivity index (χ0n) is 17.1. The van der Waals surface area contributed by atoms with Gasteiger partial charge in [0.05, 0.1) is 19.3 Å². The van der Waals surface area contributed by atoms with Crippen molar-refractivity contribution in [3.05, 3.63) is 35.6 Å². The first-order chi connectivity index (χ1) is 14.1. The van der Waals surface area contributed by atoms with Gasteiger partial charge in [0.1, 0.15) is 5.82 Å². The Kier molecular flexibility index (Phi) is 7.83. The fourth-order valence-electron chi connectivity index (χ4n) is 4.29. The minimum atomic E-state index is -0.252. The number of ether oxygens (including phenoxy) is 1. The van der Waals surface area contributed by atoms with Gasteiger partial charge in [-0.05, 0) is 36.5 Å². The van der Waals surface area contributed by atoms with E-state index in [0.29, 0.717) is 26.2 Å². The number of piperidine rings is 1. The van der Waals surface area contributed by atoms with Gasteiger partial charge in [-0.1, -0.05) is 12.1 Å². The number of likely N-dealkylation sites (tertiary alicyclic amines) is 1. The molecule has 0 spiro atoms. The van der Waals surface area contributed by atoms with Crippen LogP contribution in [0.1, 0.15) is 30.9 Å². The van der Waals surface area contributed by atoms with E-state index < -0.39 is 0 Å². The van der Waals surface area contributed by atoms with E-state index >= 15 is 0 Å². The summed E-state index contributed by atoms with van der Waals surface area (Å²) in [5, 5.41) is 3.48. The average Bonchev–Trinajstić information content (AvgIpc) is 2.72. The second-order valence-electron chi connectivity index (χ2n) is 7.77. The molecule has 0 bridgehead atoms. The number of aliphatic imine (C=N–C) groups is 1. The van der Waals surface area contributed by atoms with Crippen LogP contribution in [0.2, 0.25) is 0 Å². The van der Waals surface area contributed by atoms with Gasteiger partial charge in [-0.2, -0.15) is 0 Å². The van der Waals surface area contributed by atoms with E-state index in [-0.39, 0.29) is 23.7 Å². The lowest BCUT2D eigenvalue weighted by molar-refractivity contribution is -0.119. The maximum absolute atomic E-state index is 13.9. The third-order valence-corrected chi connectivity index (χ3v) is 5.69. The number of benzene rings is 1. The van der Waals surface area contributed by atoms with Crippen molar-refractivity contribution in [3.63, 3.8) is 0 Å². The molecule has 3 N–H and O–H groups in total. The monoisotopic (exact) mass is 405 g/mol. The fraction of sp³-hybridized carbons (Fsp3) is 0.619.